The molecule has 0 radical (unpaired) electrons. The first-order chi connectivity index (χ1) is 10.8. The number of hydrogen-bond acceptors (Lipinski definition) is 3. The van der Waals surface area contributed by atoms with Gasteiger partial charge < -0.3 is 10.8 Å². The average molecular weight is 433 g/mol. The zero-order valence-corrected chi connectivity index (χ0v) is 15.8. The van der Waals surface area contributed by atoms with E-state index in [2.05, 4.69) is 21.0 Å². The predicted molar refractivity (Wildman–Crippen MR) is 104 cm³/mol. The maximum absolute atomic E-state index is 9.96. The molecule has 0 saturated heterocycles. The fourth-order valence-electron chi connectivity index (χ4n) is 1.90. The lowest BCUT2D eigenvalue weighted by atomic mass is 10.2. The summed E-state index contributed by atoms with van der Waals surface area (Å²) >= 11 is 20.3. The minimum Gasteiger partial charge on any atom is -0.506 e. The highest BCUT2D eigenvalue weighted by Crippen LogP contribution is 2.30. The second-order valence-corrected chi connectivity index (χ2v) is 6.83. The summed E-state index contributed by atoms with van der Waals surface area (Å²) in [5.74, 6) is -0.116. The zero-order valence-electron chi connectivity index (χ0n) is 11.9. The topological polar surface area (TPSA) is 61.8 Å². The van der Waals surface area contributed by atoms with E-state index in [9.17, 15) is 5.11 Å². The van der Waals surface area contributed by atoms with Crippen LogP contribution in [0.5, 0.6) is 5.75 Å². The molecule has 0 fully saturated rings. The number of rotatable bonds is 3. The number of hydrazone groups is 1. The number of halogens is 3. The molecule has 0 aliphatic carbocycles. The molecule has 23 heavy (non-hydrogen) atoms. The second kappa shape index (κ2) is 7.49. The van der Waals surface area contributed by atoms with Crippen LogP contribution in [-0.2, 0) is 0 Å². The molecule has 8 heteroatoms. The summed E-state index contributed by atoms with van der Waals surface area (Å²) in [7, 11) is 0. The van der Waals surface area contributed by atoms with Crippen molar-refractivity contribution in [3.63, 3.8) is 0 Å². The maximum atomic E-state index is 9.96. The highest BCUT2D eigenvalue weighted by atomic mass is 79.9. The van der Waals surface area contributed by atoms with Crippen LogP contribution in [-0.4, -0.2) is 16.4 Å². The molecule has 0 unspecified atom stereocenters. The number of aryl methyl sites for hydroxylation is 1. The molecular formula is C15H12BrCl2N3OS. The van der Waals surface area contributed by atoms with E-state index in [1.165, 1.54) is 17.3 Å². The summed E-state index contributed by atoms with van der Waals surface area (Å²) in [5, 5.41) is 16.2. The van der Waals surface area contributed by atoms with Crippen molar-refractivity contribution < 1.29 is 5.11 Å². The van der Waals surface area contributed by atoms with E-state index < -0.39 is 0 Å². The number of hydrogen-bond donors (Lipinski definition) is 2. The van der Waals surface area contributed by atoms with Gasteiger partial charge in [0.25, 0.3) is 0 Å². The van der Waals surface area contributed by atoms with Crippen molar-refractivity contribution in [3.8, 4) is 5.75 Å². The van der Waals surface area contributed by atoms with E-state index in [0.29, 0.717) is 10.6 Å². The highest BCUT2D eigenvalue weighted by molar-refractivity contribution is 9.10. The molecule has 120 valence electrons. The molecule has 2 aromatic carbocycles. The summed E-state index contributed by atoms with van der Waals surface area (Å²) < 4.78 is 0.935. The summed E-state index contributed by atoms with van der Waals surface area (Å²) in [6.45, 7) is 1.91. The average Bonchev–Trinajstić information content (AvgIpc) is 2.45. The fourth-order valence-corrected chi connectivity index (χ4v) is 3.03. The Morgan fingerprint density at radius 2 is 2.04 bits per heavy atom. The molecule has 0 aliphatic heterocycles. The lowest BCUT2D eigenvalue weighted by Gasteiger charge is -2.19. The van der Waals surface area contributed by atoms with Gasteiger partial charge in [-0.25, -0.2) is 5.01 Å². The van der Waals surface area contributed by atoms with E-state index in [0.717, 1.165) is 15.7 Å². The number of anilines is 1. The molecule has 4 nitrogen and oxygen atoms in total. The molecule has 0 bridgehead atoms. The SMILES string of the molecule is Cc1cc(Br)ccc1N(/N=C\c1cc(Cl)cc(Cl)c1O)C(N)=S. The molecule has 2 rings (SSSR count). The normalized spacial score (nSPS) is 11.0. The van der Waals surface area contributed by atoms with Crippen molar-refractivity contribution in [2.75, 3.05) is 5.01 Å². The maximum Gasteiger partial charge on any atom is 0.191 e. The van der Waals surface area contributed by atoms with Gasteiger partial charge in [0.1, 0.15) is 5.75 Å². The Kier molecular flexibility index (Phi) is 5.86. The monoisotopic (exact) mass is 431 g/mol. The Bertz CT molecular complexity index is 799. The second-order valence-electron chi connectivity index (χ2n) is 4.65. The lowest BCUT2D eigenvalue weighted by Crippen LogP contribution is -2.31. The summed E-state index contributed by atoms with van der Waals surface area (Å²) in [6, 6.07) is 8.60. The first kappa shape index (κ1) is 18.0. The number of aromatic hydroxyl groups is 1. The van der Waals surface area contributed by atoms with Gasteiger partial charge in [0.05, 0.1) is 16.9 Å². The van der Waals surface area contributed by atoms with Gasteiger partial charge in [-0.05, 0) is 55.0 Å². The molecule has 0 heterocycles. The molecule has 3 N–H and O–H groups in total. The van der Waals surface area contributed by atoms with Gasteiger partial charge in [-0.3, -0.25) is 0 Å². The van der Waals surface area contributed by atoms with Gasteiger partial charge in [-0.2, -0.15) is 5.10 Å². The Morgan fingerprint density at radius 1 is 1.35 bits per heavy atom. The number of phenols is 1. The molecule has 0 spiro atoms. The third-order valence-electron chi connectivity index (χ3n) is 2.97. The Hall–Kier alpha value is -1.34. The summed E-state index contributed by atoms with van der Waals surface area (Å²) in [4.78, 5) is 0. The van der Waals surface area contributed by atoms with Gasteiger partial charge in [0, 0.05) is 15.1 Å². The van der Waals surface area contributed by atoms with Crippen molar-refractivity contribution >= 4 is 68.4 Å². The number of phenolic OH excluding ortho intramolecular Hbond substituents is 1. The van der Waals surface area contributed by atoms with Gasteiger partial charge >= 0.3 is 0 Å². The Balaban J connectivity index is 2.43. The van der Waals surface area contributed by atoms with E-state index in [1.807, 2.05) is 25.1 Å². The van der Waals surface area contributed by atoms with E-state index in [-0.39, 0.29) is 15.9 Å². The van der Waals surface area contributed by atoms with Crippen LogP contribution in [0.1, 0.15) is 11.1 Å². The lowest BCUT2D eigenvalue weighted by molar-refractivity contribution is 0.474. The molecule has 2 aromatic rings. The van der Waals surface area contributed by atoms with Crippen LogP contribution in [0, 0.1) is 6.92 Å². The van der Waals surface area contributed by atoms with Crippen LogP contribution in [0.2, 0.25) is 10.0 Å². The van der Waals surface area contributed by atoms with Crippen LogP contribution in [0.3, 0.4) is 0 Å². The molecular weight excluding hydrogens is 421 g/mol. The van der Waals surface area contributed by atoms with Crippen LogP contribution in [0.4, 0.5) is 5.69 Å². The first-order valence-electron chi connectivity index (χ1n) is 6.37. The van der Waals surface area contributed by atoms with Crippen molar-refractivity contribution in [2.45, 2.75) is 6.92 Å². The van der Waals surface area contributed by atoms with Gasteiger partial charge in [-0.15, -0.1) is 0 Å². The molecule has 0 aromatic heterocycles. The smallest absolute Gasteiger partial charge is 0.191 e. The van der Waals surface area contributed by atoms with Crippen molar-refractivity contribution in [2.24, 2.45) is 10.8 Å². The van der Waals surface area contributed by atoms with Crippen LogP contribution in [0.25, 0.3) is 0 Å². The first-order valence-corrected chi connectivity index (χ1v) is 8.33. The standard InChI is InChI=1S/C15H12BrCl2N3OS/c1-8-4-10(16)2-3-13(8)21(15(19)23)20-7-9-5-11(17)6-12(18)14(9)22/h2-7,22H,1H3,(H2,19,23)/b20-7-. The number of nitrogens with zero attached hydrogens (tertiary/aromatic N) is 2. The Labute approximate surface area is 157 Å². The Morgan fingerprint density at radius 3 is 2.65 bits per heavy atom. The summed E-state index contributed by atoms with van der Waals surface area (Å²) in [5.41, 5.74) is 7.77. The van der Waals surface area contributed by atoms with E-state index in [4.69, 9.17) is 41.2 Å². The number of thiocarbonyl (C=S) groups is 1. The molecule has 0 atom stereocenters. The highest BCUT2D eigenvalue weighted by Gasteiger charge is 2.12. The molecule has 0 saturated carbocycles. The van der Waals surface area contributed by atoms with E-state index >= 15 is 0 Å². The molecule has 0 amide bonds. The van der Waals surface area contributed by atoms with Gasteiger partial charge in [0.2, 0.25) is 0 Å². The van der Waals surface area contributed by atoms with Gasteiger partial charge in [0.15, 0.2) is 5.11 Å². The largest absolute Gasteiger partial charge is 0.506 e. The number of benzene rings is 2. The van der Waals surface area contributed by atoms with Crippen molar-refractivity contribution in [3.05, 3.63) is 56.0 Å². The van der Waals surface area contributed by atoms with Gasteiger partial charge in [-0.1, -0.05) is 39.1 Å². The van der Waals surface area contributed by atoms with E-state index in [1.54, 1.807) is 6.07 Å². The van der Waals surface area contributed by atoms with Crippen LogP contribution < -0.4 is 10.7 Å². The fraction of sp³-hybridized carbons (Fsp3) is 0.0667. The quantitative estimate of drug-likeness (QED) is 0.413. The molecule has 0 aliphatic rings. The minimum absolute atomic E-state index is 0.0688. The summed E-state index contributed by atoms with van der Waals surface area (Å²) in [6.07, 6.45) is 1.40. The van der Waals surface area contributed by atoms with Crippen molar-refractivity contribution in [1.82, 2.24) is 0 Å². The zero-order chi connectivity index (χ0) is 17.1. The third kappa shape index (κ3) is 4.35. The number of nitrogens with two attached hydrogens (primary N) is 1. The van der Waals surface area contributed by atoms with Crippen molar-refractivity contribution in [1.29, 1.82) is 0 Å². The van der Waals surface area contributed by atoms with Crippen LogP contribution in [0.15, 0.2) is 39.9 Å². The van der Waals surface area contributed by atoms with Crippen LogP contribution >= 0.6 is 51.3 Å². The minimum atomic E-state index is -0.116. The third-order valence-corrected chi connectivity index (χ3v) is 4.14. The predicted octanol–water partition coefficient (Wildman–Crippen LogP) is 4.85.